The van der Waals surface area contributed by atoms with E-state index in [0.29, 0.717) is 12.2 Å². The fraction of sp³-hybridized carbons (Fsp3) is 0.308. The predicted octanol–water partition coefficient (Wildman–Crippen LogP) is 1.71. The van der Waals surface area contributed by atoms with Gasteiger partial charge in [-0.05, 0) is 36.6 Å². The second-order valence-electron chi connectivity index (χ2n) is 4.16. The summed E-state index contributed by atoms with van der Waals surface area (Å²) in [6.45, 7) is 0. The lowest BCUT2D eigenvalue weighted by Gasteiger charge is -2.14. The van der Waals surface area contributed by atoms with Crippen LogP contribution in [-0.2, 0) is 4.79 Å². The highest BCUT2D eigenvalue weighted by molar-refractivity contribution is 7.98. The van der Waals surface area contributed by atoms with Gasteiger partial charge in [0.2, 0.25) is 0 Å². The van der Waals surface area contributed by atoms with E-state index in [1.54, 1.807) is 0 Å². The number of aliphatic carboxylic acids is 1. The number of urea groups is 1. The van der Waals surface area contributed by atoms with Crippen molar-refractivity contribution in [3.63, 3.8) is 0 Å². The van der Waals surface area contributed by atoms with Gasteiger partial charge in [-0.25, -0.2) is 14.4 Å². The van der Waals surface area contributed by atoms with Crippen LogP contribution in [0.1, 0.15) is 16.8 Å². The first-order valence-electron chi connectivity index (χ1n) is 6.06. The number of carbonyl (C=O) groups is 3. The molecule has 7 nitrogen and oxygen atoms in total. The normalized spacial score (nSPS) is 11.5. The molecule has 0 spiro atoms. The Kier molecular flexibility index (Phi) is 6.54. The molecule has 1 aromatic rings. The average molecular weight is 312 g/mol. The predicted molar refractivity (Wildman–Crippen MR) is 80.0 cm³/mol. The minimum absolute atomic E-state index is 0.0324. The number of hydrogen-bond acceptors (Lipinski definition) is 4. The van der Waals surface area contributed by atoms with E-state index in [9.17, 15) is 14.4 Å². The first kappa shape index (κ1) is 16.8. The van der Waals surface area contributed by atoms with Gasteiger partial charge in [0.15, 0.2) is 0 Å². The Morgan fingerprint density at radius 2 is 2.00 bits per heavy atom. The van der Waals surface area contributed by atoms with Gasteiger partial charge in [0.05, 0.1) is 5.56 Å². The monoisotopic (exact) mass is 312 g/mol. The fourth-order valence-electron chi connectivity index (χ4n) is 1.55. The smallest absolute Gasteiger partial charge is 0.335 e. The lowest BCUT2D eigenvalue weighted by Crippen LogP contribution is -2.43. The lowest BCUT2D eigenvalue weighted by atomic mass is 10.2. The third-order valence-electron chi connectivity index (χ3n) is 2.58. The molecular weight excluding hydrogens is 296 g/mol. The first-order valence-corrected chi connectivity index (χ1v) is 7.46. The maximum absolute atomic E-state index is 11.7. The number of carboxylic acids is 2. The summed E-state index contributed by atoms with van der Waals surface area (Å²) in [5.41, 5.74) is 0.311. The number of rotatable bonds is 7. The largest absolute Gasteiger partial charge is 0.480 e. The van der Waals surface area contributed by atoms with Crippen LogP contribution in [0.2, 0.25) is 0 Å². The van der Waals surface area contributed by atoms with Gasteiger partial charge in [0.1, 0.15) is 6.04 Å². The van der Waals surface area contributed by atoms with Gasteiger partial charge in [-0.15, -0.1) is 0 Å². The zero-order valence-corrected chi connectivity index (χ0v) is 12.1. The van der Waals surface area contributed by atoms with Crippen LogP contribution in [0.25, 0.3) is 0 Å². The van der Waals surface area contributed by atoms with E-state index in [1.807, 2.05) is 6.26 Å². The van der Waals surface area contributed by atoms with Gasteiger partial charge < -0.3 is 20.8 Å². The quantitative estimate of drug-likeness (QED) is 0.609. The standard InChI is InChI=1S/C13H16N2O5S/c1-21-6-5-10(12(18)19)15-13(20)14-9-4-2-3-8(7-9)11(16)17/h2-4,7,10H,5-6H2,1H3,(H,16,17)(H,18,19)(H2,14,15,20)/t10-/m0/s1. The number of benzene rings is 1. The van der Waals surface area contributed by atoms with Gasteiger partial charge in [-0.3, -0.25) is 0 Å². The number of hydrogen-bond donors (Lipinski definition) is 4. The summed E-state index contributed by atoms with van der Waals surface area (Å²) >= 11 is 1.48. The topological polar surface area (TPSA) is 116 Å². The Hall–Kier alpha value is -2.22. The SMILES string of the molecule is CSCC[C@H](NC(=O)Nc1cccc(C(=O)O)c1)C(=O)O. The summed E-state index contributed by atoms with van der Waals surface area (Å²) in [6, 6.07) is 4.01. The molecule has 0 bridgehead atoms. The third kappa shape index (κ3) is 5.74. The molecule has 1 aromatic carbocycles. The molecule has 1 rings (SSSR count). The van der Waals surface area contributed by atoms with Crippen molar-refractivity contribution in [2.24, 2.45) is 0 Å². The molecule has 0 aromatic heterocycles. The lowest BCUT2D eigenvalue weighted by molar-refractivity contribution is -0.139. The summed E-state index contributed by atoms with van der Waals surface area (Å²) in [6.07, 6.45) is 2.15. The number of carboxylic acid groups (broad SMARTS) is 2. The van der Waals surface area contributed by atoms with Crippen molar-refractivity contribution in [1.82, 2.24) is 5.32 Å². The van der Waals surface area contributed by atoms with Crippen molar-refractivity contribution in [1.29, 1.82) is 0 Å². The van der Waals surface area contributed by atoms with Crippen molar-refractivity contribution in [3.05, 3.63) is 29.8 Å². The molecule has 0 aliphatic carbocycles. The molecule has 8 heteroatoms. The minimum Gasteiger partial charge on any atom is -0.480 e. The highest BCUT2D eigenvalue weighted by Crippen LogP contribution is 2.10. The Labute approximate surface area is 125 Å². The Bertz CT molecular complexity index is 535. The van der Waals surface area contributed by atoms with Gasteiger partial charge in [-0.1, -0.05) is 6.07 Å². The van der Waals surface area contributed by atoms with Crippen molar-refractivity contribution in [3.8, 4) is 0 Å². The van der Waals surface area contributed by atoms with Gasteiger partial charge in [0.25, 0.3) is 0 Å². The molecule has 0 fully saturated rings. The van der Waals surface area contributed by atoms with Crippen molar-refractivity contribution >= 4 is 35.4 Å². The highest BCUT2D eigenvalue weighted by Gasteiger charge is 2.19. The van der Waals surface area contributed by atoms with E-state index in [0.717, 1.165) is 0 Å². The molecule has 4 N–H and O–H groups in total. The Balaban J connectivity index is 2.65. The van der Waals surface area contributed by atoms with Crippen LogP contribution in [0, 0.1) is 0 Å². The number of anilines is 1. The summed E-state index contributed by atoms with van der Waals surface area (Å²) < 4.78 is 0. The third-order valence-corrected chi connectivity index (χ3v) is 3.23. The zero-order valence-electron chi connectivity index (χ0n) is 11.3. The molecule has 114 valence electrons. The number of carbonyl (C=O) groups excluding carboxylic acids is 1. The van der Waals surface area contributed by atoms with Gasteiger partial charge >= 0.3 is 18.0 Å². The van der Waals surface area contributed by atoms with E-state index in [2.05, 4.69) is 10.6 Å². The molecule has 0 aliphatic heterocycles. The van der Waals surface area contributed by atoms with Gasteiger partial charge in [-0.2, -0.15) is 11.8 Å². The van der Waals surface area contributed by atoms with Crippen molar-refractivity contribution < 1.29 is 24.6 Å². The number of aromatic carboxylic acids is 1. The number of thioether (sulfide) groups is 1. The molecule has 2 amide bonds. The second-order valence-corrected chi connectivity index (χ2v) is 5.14. The van der Waals surface area contributed by atoms with Crippen LogP contribution in [0.5, 0.6) is 0 Å². The van der Waals surface area contributed by atoms with Crippen molar-refractivity contribution in [2.75, 3.05) is 17.3 Å². The summed E-state index contributed by atoms with van der Waals surface area (Å²) in [4.78, 5) is 33.6. The molecule has 0 saturated heterocycles. The van der Waals surface area contributed by atoms with Crippen LogP contribution in [0.15, 0.2) is 24.3 Å². The number of amides is 2. The minimum atomic E-state index is -1.11. The van der Waals surface area contributed by atoms with Crippen molar-refractivity contribution in [2.45, 2.75) is 12.5 Å². The zero-order chi connectivity index (χ0) is 15.8. The average Bonchev–Trinajstić information content (AvgIpc) is 2.43. The fourth-order valence-corrected chi connectivity index (χ4v) is 2.02. The second kappa shape index (κ2) is 8.15. The molecule has 0 radical (unpaired) electrons. The maximum Gasteiger partial charge on any atom is 0.335 e. The van der Waals surface area contributed by atoms with Crippen LogP contribution in [-0.4, -0.2) is 46.2 Å². The number of nitrogens with one attached hydrogen (secondary N) is 2. The molecule has 0 unspecified atom stereocenters. The van der Waals surface area contributed by atoms with Crippen LogP contribution in [0.3, 0.4) is 0 Å². The summed E-state index contributed by atoms with van der Waals surface area (Å²) in [5.74, 6) is -1.62. The Morgan fingerprint density at radius 3 is 2.57 bits per heavy atom. The van der Waals surface area contributed by atoms with E-state index in [-0.39, 0.29) is 11.3 Å². The van der Waals surface area contributed by atoms with E-state index < -0.39 is 24.0 Å². The molecular formula is C13H16N2O5S. The highest BCUT2D eigenvalue weighted by atomic mass is 32.2. The van der Waals surface area contributed by atoms with E-state index >= 15 is 0 Å². The van der Waals surface area contributed by atoms with Gasteiger partial charge in [0, 0.05) is 5.69 Å². The molecule has 1 atom stereocenters. The molecule has 0 aliphatic rings. The molecule has 21 heavy (non-hydrogen) atoms. The Morgan fingerprint density at radius 1 is 1.29 bits per heavy atom. The summed E-state index contributed by atoms with van der Waals surface area (Å²) in [5, 5.41) is 22.6. The van der Waals surface area contributed by atoms with E-state index in [4.69, 9.17) is 10.2 Å². The van der Waals surface area contributed by atoms with Crippen LogP contribution >= 0.6 is 11.8 Å². The van der Waals surface area contributed by atoms with Crippen LogP contribution in [0.4, 0.5) is 10.5 Å². The first-order chi connectivity index (χ1) is 9.93. The molecule has 0 heterocycles. The maximum atomic E-state index is 11.7. The molecule has 0 saturated carbocycles. The van der Waals surface area contributed by atoms with Crippen LogP contribution < -0.4 is 10.6 Å². The summed E-state index contributed by atoms with van der Waals surface area (Å²) in [7, 11) is 0. The van der Waals surface area contributed by atoms with E-state index in [1.165, 1.54) is 36.0 Å².